The lowest BCUT2D eigenvalue weighted by Crippen LogP contribution is -2.44. The number of nitro benzene ring substituents is 1. The van der Waals surface area contributed by atoms with Gasteiger partial charge in [0.25, 0.3) is 5.69 Å². The van der Waals surface area contributed by atoms with Gasteiger partial charge in [0.2, 0.25) is 15.5 Å². The molecular formula is C32H26N2O8S. The minimum Gasteiger partial charge on any atom is -0.460 e. The van der Waals surface area contributed by atoms with Crippen LogP contribution >= 0.6 is 0 Å². The maximum absolute atomic E-state index is 13.4. The highest BCUT2D eigenvalue weighted by molar-refractivity contribution is 7.89. The molecule has 0 aliphatic heterocycles. The van der Waals surface area contributed by atoms with Gasteiger partial charge in [-0.15, -0.1) is 0 Å². The van der Waals surface area contributed by atoms with E-state index in [-0.39, 0.29) is 50.5 Å². The van der Waals surface area contributed by atoms with Gasteiger partial charge in [-0.25, -0.2) is 13.2 Å². The number of non-ortho nitro benzene ring substituents is 1. The van der Waals surface area contributed by atoms with Gasteiger partial charge in [0, 0.05) is 18.2 Å². The average Bonchev–Trinajstić information content (AvgIpc) is 2.97. The van der Waals surface area contributed by atoms with Crippen molar-refractivity contribution in [2.75, 3.05) is 0 Å². The second kappa shape index (κ2) is 12.0. The SMILES string of the molecule is Cc1ccc(S(=O)(=O)N[C@H](Cc2ccccc2)C(=O)Oc2ccc3c(=O)c(-c4ccc([N+](=O)[O-])cc4)c(C)oc3c2)cc1. The van der Waals surface area contributed by atoms with E-state index in [0.29, 0.717) is 5.56 Å². The second-order valence-electron chi connectivity index (χ2n) is 9.92. The molecule has 1 N–H and O–H groups in total. The number of aryl methyl sites for hydroxylation is 2. The van der Waals surface area contributed by atoms with Crippen LogP contribution in [0.5, 0.6) is 5.75 Å². The number of nitrogens with one attached hydrogen (secondary N) is 1. The summed E-state index contributed by atoms with van der Waals surface area (Å²) in [6.07, 6.45) is 0.0329. The summed E-state index contributed by atoms with van der Waals surface area (Å²) in [4.78, 5) is 37.2. The molecule has 11 heteroatoms. The van der Waals surface area contributed by atoms with Crippen LogP contribution in [0.25, 0.3) is 22.1 Å². The third-order valence-electron chi connectivity index (χ3n) is 6.82. The molecule has 4 aromatic carbocycles. The maximum Gasteiger partial charge on any atom is 0.329 e. The van der Waals surface area contributed by atoms with Gasteiger partial charge in [-0.2, -0.15) is 4.72 Å². The number of carbonyl (C=O) groups excluding carboxylic acids is 1. The van der Waals surface area contributed by atoms with Gasteiger partial charge in [-0.1, -0.05) is 48.0 Å². The van der Waals surface area contributed by atoms with E-state index in [1.54, 1.807) is 43.3 Å². The third-order valence-corrected chi connectivity index (χ3v) is 8.31. The molecule has 0 bridgehead atoms. The number of benzene rings is 4. The highest BCUT2D eigenvalue weighted by atomic mass is 32.2. The van der Waals surface area contributed by atoms with Gasteiger partial charge >= 0.3 is 5.97 Å². The molecule has 0 radical (unpaired) electrons. The molecule has 0 saturated heterocycles. The molecule has 1 atom stereocenters. The molecule has 218 valence electrons. The van der Waals surface area contributed by atoms with E-state index >= 15 is 0 Å². The highest BCUT2D eigenvalue weighted by Crippen LogP contribution is 2.28. The number of carbonyl (C=O) groups is 1. The molecule has 43 heavy (non-hydrogen) atoms. The summed E-state index contributed by atoms with van der Waals surface area (Å²) in [5.41, 5.74) is 1.99. The molecule has 0 unspecified atom stereocenters. The zero-order valence-corrected chi connectivity index (χ0v) is 24.0. The summed E-state index contributed by atoms with van der Waals surface area (Å²) < 4.78 is 40.3. The molecule has 1 heterocycles. The van der Waals surface area contributed by atoms with Crippen molar-refractivity contribution in [3.05, 3.63) is 134 Å². The number of fused-ring (bicyclic) bond motifs is 1. The van der Waals surface area contributed by atoms with Crippen molar-refractivity contribution in [2.45, 2.75) is 31.2 Å². The van der Waals surface area contributed by atoms with E-state index in [1.165, 1.54) is 54.6 Å². The third kappa shape index (κ3) is 6.53. The smallest absolute Gasteiger partial charge is 0.329 e. The van der Waals surface area contributed by atoms with Gasteiger partial charge in [0.05, 0.1) is 20.8 Å². The van der Waals surface area contributed by atoms with Gasteiger partial charge in [0.1, 0.15) is 23.1 Å². The molecule has 0 aliphatic carbocycles. The highest BCUT2D eigenvalue weighted by Gasteiger charge is 2.28. The number of nitrogens with zero attached hydrogens (tertiary/aromatic N) is 1. The first kappa shape index (κ1) is 29.4. The van der Waals surface area contributed by atoms with Crippen LogP contribution in [0.15, 0.2) is 111 Å². The first-order valence-corrected chi connectivity index (χ1v) is 14.7. The van der Waals surface area contributed by atoms with Crippen LogP contribution in [0.3, 0.4) is 0 Å². The van der Waals surface area contributed by atoms with Crippen molar-refractivity contribution in [2.24, 2.45) is 0 Å². The Balaban J connectivity index is 1.44. The van der Waals surface area contributed by atoms with Crippen LogP contribution in [0.2, 0.25) is 0 Å². The lowest BCUT2D eigenvalue weighted by molar-refractivity contribution is -0.384. The topological polar surface area (TPSA) is 146 Å². The second-order valence-corrected chi connectivity index (χ2v) is 11.6. The number of rotatable bonds is 9. The van der Waals surface area contributed by atoms with Crippen LogP contribution in [-0.4, -0.2) is 25.4 Å². The minimum atomic E-state index is -4.07. The zero-order valence-electron chi connectivity index (χ0n) is 23.1. The Kier molecular flexibility index (Phi) is 8.20. The molecule has 0 aliphatic rings. The molecule has 0 saturated carbocycles. The molecule has 0 amide bonds. The Morgan fingerprint density at radius 3 is 2.28 bits per heavy atom. The number of hydrogen-bond acceptors (Lipinski definition) is 8. The quantitative estimate of drug-likeness (QED) is 0.102. The summed E-state index contributed by atoms with van der Waals surface area (Å²) >= 11 is 0. The maximum atomic E-state index is 13.4. The minimum absolute atomic E-state index is 0.00995. The molecule has 5 aromatic rings. The summed E-state index contributed by atoms with van der Waals surface area (Å²) in [6, 6.07) is 23.7. The fraction of sp³-hybridized carbons (Fsp3) is 0.125. The van der Waals surface area contributed by atoms with Gasteiger partial charge in [-0.3, -0.25) is 14.9 Å². The lowest BCUT2D eigenvalue weighted by Gasteiger charge is -2.18. The summed E-state index contributed by atoms with van der Waals surface area (Å²) in [6.45, 7) is 3.43. The normalized spacial score (nSPS) is 12.1. The Morgan fingerprint density at radius 1 is 0.953 bits per heavy atom. The van der Waals surface area contributed by atoms with E-state index in [2.05, 4.69) is 4.72 Å². The Morgan fingerprint density at radius 2 is 1.63 bits per heavy atom. The largest absolute Gasteiger partial charge is 0.460 e. The monoisotopic (exact) mass is 598 g/mol. The fourth-order valence-electron chi connectivity index (χ4n) is 4.62. The number of ether oxygens (including phenoxy) is 1. The summed E-state index contributed by atoms with van der Waals surface area (Å²) in [5.74, 6) is -0.529. The van der Waals surface area contributed by atoms with Crippen LogP contribution in [0, 0.1) is 24.0 Å². The van der Waals surface area contributed by atoms with E-state index in [4.69, 9.17) is 9.15 Å². The standard InChI is InChI=1S/C32H26N2O8S/c1-20-8-15-26(16-9-20)43(39,40)33-28(18-22-6-4-3-5-7-22)32(36)42-25-14-17-27-29(19-25)41-21(2)30(31(27)35)23-10-12-24(13-11-23)34(37)38/h3-17,19,28,33H,18H2,1-2H3/t28-/m1/s1. The predicted octanol–water partition coefficient (Wildman–Crippen LogP) is 5.48. The van der Waals surface area contributed by atoms with Crippen LogP contribution in [-0.2, 0) is 21.2 Å². The molecular weight excluding hydrogens is 572 g/mol. The molecule has 5 rings (SSSR count). The Labute approximate surface area is 246 Å². The van der Waals surface area contributed by atoms with Crippen molar-refractivity contribution in [3.63, 3.8) is 0 Å². The summed E-state index contributed by atoms with van der Waals surface area (Å²) in [5, 5.41) is 11.2. The van der Waals surface area contributed by atoms with Crippen molar-refractivity contribution >= 4 is 32.6 Å². The van der Waals surface area contributed by atoms with Gasteiger partial charge in [0.15, 0.2) is 0 Å². The molecule has 0 fully saturated rings. The summed E-state index contributed by atoms with van der Waals surface area (Å²) in [7, 11) is -4.07. The molecule has 0 spiro atoms. The first-order valence-electron chi connectivity index (χ1n) is 13.2. The number of sulfonamides is 1. The van der Waals surface area contributed by atoms with Crippen LogP contribution in [0.1, 0.15) is 16.9 Å². The number of esters is 1. The van der Waals surface area contributed by atoms with Crippen LogP contribution in [0.4, 0.5) is 5.69 Å². The van der Waals surface area contributed by atoms with Gasteiger partial charge < -0.3 is 9.15 Å². The van der Waals surface area contributed by atoms with E-state index < -0.39 is 27.0 Å². The van der Waals surface area contributed by atoms with Crippen molar-refractivity contribution in [1.29, 1.82) is 0 Å². The zero-order chi connectivity index (χ0) is 30.7. The lowest BCUT2D eigenvalue weighted by atomic mass is 10.0. The first-order chi connectivity index (χ1) is 20.5. The van der Waals surface area contributed by atoms with Crippen molar-refractivity contribution in [1.82, 2.24) is 4.72 Å². The average molecular weight is 599 g/mol. The Hall–Kier alpha value is -5.13. The van der Waals surface area contributed by atoms with Crippen LogP contribution < -0.4 is 14.9 Å². The van der Waals surface area contributed by atoms with Crippen molar-refractivity contribution < 1.29 is 27.3 Å². The van der Waals surface area contributed by atoms with Gasteiger partial charge in [-0.05, 0) is 67.8 Å². The van der Waals surface area contributed by atoms with E-state index in [0.717, 1.165) is 11.1 Å². The number of nitro groups is 1. The van der Waals surface area contributed by atoms with E-state index in [9.17, 15) is 28.1 Å². The van der Waals surface area contributed by atoms with Crippen molar-refractivity contribution in [3.8, 4) is 16.9 Å². The Bertz CT molecular complexity index is 1990. The molecule has 10 nitrogen and oxygen atoms in total. The molecule has 1 aromatic heterocycles. The predicted molar refractivity (Wildman–Crippen MR) is 160 cm³/mol. The number of hydrogen-bond donors (Lipinski definition) is 1. The van der Waals surface area contributed by atoms with E-state index in [1.807, 2.05) is 13.0 Å². The fourth-order valence-corrected chi connectivity index (χ4v) is 5.80.